The predicted octanol–water partition coefficient (Wildman–Crippen LogP) is 3.05. The van der Waals surface area contributed by atoms with Crippen molar-refractivity contribution in [1.82, 2.24) is 9.88 Å². The topological polar surface area (TPSA) is 33.2 Å². The zero-order chi connectivity index (χ0) is 13.7. The molecule has 0 aliphatic heterocycles. The Morgan fingerprint density at radius 3 is 2.47 bits per heavy atom. The van der Waals surface area contributed by atoms with Crippen molar-refractivity contribution in [2.45, 2.75) is 0 Å². The molecule has 0 bridgehead atoms. The van der Waals surface area contributed by atoms with Crippen LogP contribution in [0.3, 0.4) is 0 Å². The van der Waals surface area contributed by atoms with Crippen molar-refractivity contribution in [3.8, 4) is 0 Å². The maximum absolute atomic E-state index is 12.3. The molecule has 1 heterocycles. The molecule has 0 aliphatic rings. The number of rotatable bonds is 5. The first-order chi connectivity index (χ1) is 9.26. The lowest BCUT2D eigenvalue weighted by molar-refractivity contribution is 0.0785. The Labute approximate surface area is 112 Å². The highest BCUT2D eigenvalue weighted by molar-refractivity contribution is 5.95. The summed E-state index contributed by atoms with van der Waals surface area (Å²) < 4.78 is 0. The summed E-state index contributed by atoms with van der Waals surface area (Å²) in [6.07, 6.45) is 3.39. The summed E-state index contributed by atoms with van der Waals surface area (Å²) in [6, 6.07) is 11.4. The van der Waals surface area contributed by atoms with Gasteiger partial charge in [-0.05, 0) is 12.1 Å². The number of hydrogen-bond donors (Lipinski definition) is 0. The number of carbonyl (C=O) groups excluding carboxylic acids is 1. The minimum absolute atomic E-state index is 0.106. The molecule has 3 nitrogen and oxygen atoms in total. The Morgan fingerprint density at radius 1 is 1.11 bits per heavy atom. The number of aromatic nitrogens is 1. The molecular weight excluding hydrogens is 236 g/mol. The molecule has 0 unspecified atom stereocenters. The predicted molar refractivity (Wildman–Crippen MR) is 78.0 cm³/mol. The Hall–Kier alpha value is -2.42. The molecule has 96 valence electrons. The van der Waals surface area contributed by atoms with Crippen LogP contribution in [0, 0.1) is 0 Å². The van der Waals surface area contributed by atoms with Gasteiger partial charge in [-0.2, -0.15) is 0 Å². The fraction of sp³-hybridized carbons (Fsp3) is 0.125. The normalized spacial score (nSPS) is 10.1. The molecule has 1 aromatic carbocycles. The van der Waals surface area contributed by atoms with Crippen LogP contribution < -0.4 is 0 Å². The molecule has 3 heteroatoms. The van der Waals surface area contributed by atoms with E-state index in [0.29, 0.717) is 18.8 Å². The van der Waals surface area contributed by atoms with Gasteiger partial charge in [-0.15, -0.1) is 13.2 Å². The van der Waals surface area contributed by atoms with Gasteiger partial charge in [0.05, 0.1) is 5.52 Å². The zero-order valence-electron chi connectivity index (χ0n) is 10.7. The number of amides is 1. The van der Waals surface area contributed by atoms with E-state index in [-0.39, 0.29) is 5.91 Å². The molecule has 19 heavy (non-hydrogen) atoms. The summed E-state index contributed by atoms with van der Waals surface area (Å²) >= 11 is 0. The number of fused-ring (bicyclic) bond motifs is 1. The Balaban J connectivity index is 2.33. The van der Waals surface area contributed by atoms with Gasteiger partial charge in [-0.3, -0.25) is 4.79 Å². The second-order valence-corrected chi connectivity index (χ2v) is 4.18. The maximum Gasteiger partial charge on any atom is 0.273 e. The summed E-state index contributed by atoms with van der Waals surface area (Å²) in [5, 5.41) is 1.03. The van der Waals surface area contributed by atoms with Crippen LogP contribution in [0.1, 0.15) is 10.5 Å². The van der Waals surface area contributed by atoms with Crippen molar-refractivity contribution in [3.63, 3.8) is 0 Å². The Bertz CT molecular complexity index is 609. The number of nitrogens with zero attached hydrogens (tertiary/aromatic N) is 2. The third kappa shape index (κ3) is 2.88. The van der Waals surface area contributed by atoms with Gasteiger partial charge < -0.3 is 4.90 Å². The molecule has 2 aromatic rings. The van der Waals surface area contributed by atoms with Crippen molar-refractivity contribution in [3.05, 3.63) is 67.4 Å². The van der Waals surface area contributed by atoms with Crippen molar-refractivity contribution in [2.24, 2.45) is 0 Å². The third-order valence-electron chi connectivity index (χ3n) is 2.80. The van der Waals surface area contributed by atoms with E-state index in [9.17, 15) is 4.79 Å². The van der Waals surface area contributed by atoms with Gasteiger partial charge >= 0.3 is 0 Å². The van der Waals surface area contributed by atoms with Crippen LogP contribution in [0.25, 0.3) is 10.9 Å². The molecule has 0 saturated heterocycles. The van der Waals surface area contributed by atoms with Crippen molar-refractivity contribution in [1.29, 1.82) is 0 Å². The smallest absolute Gasteiger partial charge is 0.273 e. The van der Waals surface area contributed by atoms with Crippen molar-refractivity contribution >= 4 is 16.8 Å². The summed E-state index contributed by atoms with van der Waals surface area (Å²) in [5.74, 6) is -0.106. The quantitative estimate of drug-likeness (QED) is 0.766. The average molecular weight is 252 g/mol. The molecule has 0 saturated carbocycles. The molecular formula is C16H16N2O. The molecule has 0 fully saturated rings. The second-order valence-electron chi connectivity index (χ2n) is 4.18. The van der Waals surface area contributed by atoms with E-state index in [1.54, 1.807) is 23.1 Å². The van der Waals surface area contributed by atoms with E-state index < -0.39 is 0 Å². The highest BCUT2D eigenvalue weighted by Crippen LogP contribution is 2.13. The SMILES string of the molecule is C=CCN(CC=C)C(=O)c1ccc2ccccc2n1. The van der Waals surface area contributed by atoms with E-state index in [1.165, 1.54) is 0 Å². The van der Waals surface area contributed by atoms with Gasteiger partial charge in [0.1, 0.15) is 5.69 Å². The summed E-state index contributed by atoms with van der Waals surface area (Å²) in [5.41, 5.74) is 1.27. The van der Waals surface area contributed by atoms with Gasteiger partial charge in [0, 0.05) is 18.5 Å². The number of para-hydroxylation sites is 1. The van der Waals surface area contributed by atoms with E-state index in [1.807, 2.05) is 30.3 Å². The van der Waals surface area contributed by atoms with Crippen LogP contribution in [0.4, 0.5) is 0 Å². The standard InChI is InChI=1S/C16H16N2O/c1-3-11-18(12-4-2)16(19)15-10-9-13-7-5-6-8-14(13)17-15/h3-10H,1-2,11-12H2. The lowest BCUT2D eigenvalue weighted by Crippen LogP contribution is -2.31. The van der Waals surface area contributed by atoms with Crippen LogP contribution >= 0.6 is 0 Å². The van der Waals surface area contributed by atoms with Gasteiger partial charge in [-0.25, -0.2) is 4.98 Å². The van der Waals surface area contributed by atoms with Crippen molar-refractivity contribution < 1.29 is 4.79 Å². The van der Waals surface area contributed by atoms with Crippen LogP contribution in [0.2, 0.25) is 0 Å². The van der Waals surface area contributed by atoms with E-state index in [2.05, 4.69) is 18.1 Å². The molecule has 0 aliphatic carbocycles. The number of carbonyl (C=O) groups is 1. The highest BCUT2D eigenvalue weighted by Gasteiger charge is 2.14. The fourth-order valence-electron chi connectivity index (χ4n) is 1.90. The van der Waals surface area contributed by atoms with Crippen LogP contribution in [-0.4, -0.2) is 28.9 Å². The minimum Gasteiger partial charge on any atom is -0.330 e. The summed E-state index contributed by atoms with van der Waals surface area (Å²) in [4.78, 5) is 18.4. The number of benzene rings is 1. The summed E-state index contributed by atoms with van der Waals surface area (Å²) in [6.45, 7) is 8.29. The molecule has 0 atom stereocenters. The molecule has 0 N–H and O–H groups in total. The Kier molecular flexibility index (Phi) is 4.08. The van der Waals surface area contributed by atoms with Gasteiger partial charge in [0.15, 0.2) is 0 Å². The first-order valence-corrected chi connectivity index (χ1v) is 6.13. The lowest BCUT2D eigenvalue weighted by atomic mass is 10.2. The highest BCUT2D eigenvalue weighted by atomic mass is 16.2. The third-order valence-corrected chi connectivity index (χ3v) is 2.80. The van der Waals surface area contributed by atoms with Crippen molar-refractivity contribution in [2.75, 3.05) is 13.1 Å². The molecule has 1 amide bonds. The van der Waals surface area contributed by atoms with Crippen LogP contribution in [-0.2, 0) is 0 Å². The van der Waals surface area contributed by atoms with Gasteiger partial charge in [0.2, 0.25) is 0 Å². The first-order valence-electron chi connectivity index (χ1n) is 6.13. The zero-order valence-corrected chi connectivity index (χ0v) is 10.7. The van der Waals surface area contributed by atoms with Crippen LogP contribution in [0.5, 0.6) is 0 Å². The number of hydrogen-bond acceptors (Lipinski definition) is 2. The monoisotopic (exact) mass is 252 g/mol. The van der Waals surface area contributed by atoms with Gasteiger partial charge in [-0.1, -0.05) is 36.4 Å². The minimum atomic E-state index is -0.106. The first kappa shape index (κ1) is 13.0. The number of pyridine rings is 1. The Morgan fingerprint density at radius 2 is 1.79 bits per heavy atom. The molecule has 0 radical (unpaired) electrons. The van der Waals surface area contributed by atoms with E-state index in [4.69, 9.17) is 0 Å². The van der Waals surface area contributed by atoms with E-state index in [0.717, 1.165) is 10.9 Å². The maximum atomic E-state index is 12.3. The lowest BCUT2D eigenvalue weighted by Gasteiger charge is -2.18. The molecule has 2 rings (SSSR count). The fourth-order valence-corrected chi connectivity index (χ4v) is 1.90. The van der Waals surface area contributed by atoms with E-state index >= 15 is 0 Å². The van der Waals surface area contributed by atoms with Gasteiger partial charge in [0.25, 0.3) is 5.91 Å². The summed E-state index contributed by atoms with van der Waals surface area (Å²) in [7, 11) is 0. The van der Waals surface area contributed by atoms with Crippen LogP contribution in [0.15, 0.2) is 61.7 Å². The average Bonchev–Trinajstić information content (AvgIpc) is 2.46. The molecule has 0 spiro atoms. The largest absolute Gasteiger partial charge is 0.330 e. The molecule has 1 aromatic heterocycles. The second kappa shape index (κ2) is 5.96.